The average Bonchev–Trinajstić information content (AvgIpc) is 2.33. The molecule has 0 aliphatic heterocycles. The van der Waals surface area contributed by atoms with Crippen molar-refractivity contribution in [3.05, 3.63) is 34.9 Å². The van der Waals surface area contributed by atoms with E-state index in [2.05, 4.69) is 9.47 Å². The van der Waals surface area contributed by atoms with Crippen LogP contribution >= 0.6 is 0 Å². The number of carbonyl (C=O) groups is 1. The molecule has 106 valence electrons. The number of benzene rings is 1. The fourth-order valence-corrected chi connectivity index (χ4v) is 1.82. The lowest BCUT2D eigenvalue weighted by Crippen LogP contribution is -2.51. The van der Waals surface area contributed by atoms with Crippen molar-refractivity contribution in [1.29, 1.82) is 0 Å². The summed E-state index contributed by atoms with van der Waals surface area (Å²) in [6.07, 6.45) is -4.92. The van der Waals surface area contributed by atoms with E-state index in [0.717, 1.165) is 19.8 Å². The van der Waals surface area contributed by atoms with Crippen molar-refractivity contribution in [2.24, 2.45) is 0 Å². The quantitative estimate of drug-likeness (QED) is 0.796. The van der Waals surface area contributed by atoms with Crippen molar-refractivity contribution in [3.63, 3.8) is 0 Å². The van der Waals surface area contributed by atoms with E-state index in [1.54, 1.807) is 13.8 Å². The molecule has 0 saturated carbocycles. The lowest BCUT2D eigenvalue weighted by atomic mass is 9.90. The molecule has 6 heteroatoms. The molecule has 0 N–H and O–H groups in total. The molecule has 19 heavy (non-hydrogen) atoms. The topological polar surface area (TPSA) is 35.5 Å². The fraction of sp³-hybridized carbons (Fsp3) is 0.462. The second kappa shape index (κ2) is 5.21. The Labute approximate surface area is 109 Å². The zero-order valence-electron chi connectivity index (χ0n) is 11.1. The molecule has 1 unspecified atom stereocenters. The first-order valence-electron chi connectivity index (χ1n) is 5.48. The summed E-state index contributed by atoms with van der Waals surface area (Å²) in [5, 5.41) is 0. The molecule has 1 rings (SSSR count). The largest absolute Gasteiger partial charge is 0.466 e. The van der Waals surface area contributed by atoms with Crippen LogP contribution in [0.5, 0.6) is 0 Å². The molecule has 0 aliphatic carbocycles. The van der Waals surface area contributed by atoms with Crippen molar-refractivity contribution in [1.82, 2.24) is 0 Å². The molecule has 0 heterocycles. The molecule has 0 amide bonds. The lowest BCUT2D eigenvalue weighted by Gasteiger charge is -2.32. The molecule has 0 radical (unpaired) electrons. The van der Waals surface area contributed by atoms with Crippen LogP contribution < -0.4 is 0 Å². The second-order valence-electron chi connectivity index (χ2n) is 4.17. The minimum absolute atomic E-state index is 0.294. The van der Waals surface area contributed by atoms with E-state index in [9.17, 15) is 18.0 Å². The first-order chi connectivity index (χ1) is 8.70. The maximum atomic E-state index is 13.3. The Balaban J connectivity index is 3.55. The summed E-state index contributed by atoms with van der Waals surface area (Å²) in [7, 11) is 1.72. The van der Waals surface area contributed by atoms with E-state index in [1.165, 1.54) is 18.2 Å². The van der Waals surface area contributed by atoms with Crippen LogP contribution in [0.2, 0.25) is 0 Å². The van der Waals surface area contributed by atoms with E-state index < -0.39 is 17.7 Å². The molecule has 1 aromatic rings. The van der Waals surface area contributed by atoms with Crippen molar-refractivity contribution >= 4 is 5.97 Å². The van der Waals surface area contributed by atoms with Gasteiger partial charge in [0.15, 0.2) is 0 Å². The third-order valence-corrected chi connectivity index (χ3v) is 3.09. The predicted molar refractivity (Wildman–Crippen MR) is 62.7 cm³/mol. The fourth-order valence-electron chi connectivity index (χ4n) is 1.82. The van der Waals surface area contributed by atoms with E-state index in [0.29, 0.717) is 5.56 Å². The Hall–Kier alpha value is -1.56. The normalized spacial score (nSPS) is 14.9. The summed E-state index contributed by atoms with van der Waals surface area (Å²) in [5.74, 6) is -1.49. The highest BCUT2D eigenvalue weighted by molar-refractivity contribution is 5.82. The second-order valence-corrected chi connectivity index (χ2v) is 4.17. The van der Waals surface area contributed by atoms with Crippen LogP contribution in [0.3, 0.4) is 0 Å². The van der Waals surface area contributed by atoms with Gasteiger partial charge in [0.05, 0.1) is 7.11 Å². The molecule has 3 nitrogen and oxygen atoms in total. The van der Waals surface area contributed by atoms with Crippen molar-refractivity contribution in [3.8, 4) is 0 Å². The number of esters is 1. The third kappa shape index (κ3) is 2.45. The Bertz CT molecular complexity index is 483. The number of aryl methyl sites for hydroxylation is 2. The van der Waals surface area contributed by atoms with Crippen LogP contribution in [0.25, 0.3) is 0 Å². The summed E-state index contributed by atoms with van der Waals surface area (Å²) < 4.78 is 48.7. The van der Waals surface area contributed by atoms with Crippen LogP contribution in [-0.2, 0) is 19.9 Å². The Morgan fingerprint density at radius 3 is 2.05 bits per heavy atom. The van der Waals surface area contributed by atoms with Gasteiger partial charge in [-0.15, -0.1) is 0 Å². The molecule has 0 aromatic heterocycles. The standard InChI is InChI=1S/C13H15F3O3/c1-8-5-6-10(7-9(8)2)12(19-4,11(17)18-3)13(14,15)16/h5-7H,1-4H3. The minimum atomic E-state index is -4.92. The molecule has 0 spiro atoms. The average molecular weight is 276 g/mol. The molecule has 1 atom stereocenters. The van der Waals surface area contributed by atoms with E-state index >= 15 is 0 Å². The number of ether oxygens (including phenoxy) is 2. The SMILES string of the molecule is COC(=O)C(OC)(c1ccc(C)c(C)c1)C(F)(F)F. The summed E-state index contributed by atoms with van der Waals surface area (Å²) >= 11 is 0. The Kier molecular flexibility index (Phi) is 4.25. The number of hydrogen-bond acceptors (Lipinski definition) is 3. The van der Waals surface area contributed by atoms with E-state index in [1.807, 2.05) is 0 Å². The van der Waals surface area contributed by atoms with E-state index in [-0.39, 0.29) is 5.56 Å². The molecule has 0 saturated heterocycles. The maximum Gasteiger partial charge on any atom is 0.432 e. The van der Waals surface area contributed by atoms with Crippen LogP contribution in [0.4, 0.5) is 13.2 Å². The van der Waals surface area contributed by atoms with Gasteiger partial charge in [-0.25, -0.2) is 4.79 Å². The van der Waals surface area contributed by atoms with Gasteiger partial charge in [-0.3, -0.25) is 0 Å². The number of halogens is 3. The summed E-state index contributed by atoms with van der Waals surface area (Å²) in [4.78, 5) is 11.6. The van der Waals surface area contributed by atoms with Gasteiger partial charge in [0.25, 0.3) is 5.60 Å². The monoisotopic (exact) mass is 276 g/mol. The molecular weight excluding hydrogens is 261 g/mol. The first kappa shape index (κ1) is 15.5. The van der Waals surface area contributed by atoms with Crippen molar-refractivity contribution in [2.75, 3.05) is 14.2 Å². The number of methoxy groups -OCH3 is 2. The van der Waals surface area contributed by atoms with Gasteiger partial charge < -0.3 is 9.47 Å². The zero-order chi connectivity index (χ0) is 14.8. The van der Waals surface area contributed by atoms with Crippen molar-refractivity contribution < 1.29 is 27.4 Å². The smallest absolute Gasteiger partial charge is 0.432 e. The number of carbonyl (C=O) groups excluding carboxylic acids is 1. The van der Waals surface area contributed by atoms with Crippen LogP contribution in [0.15, 0.2) is 18.2 Å². The Morgan fingerprint density at radius 2 is 1.68 bits per heavy atom. The van der Waals surface area contributed by atoms with Gasteiger partial charge in [0, 0.05) is 12.7 Å². The molecule has 0 aliphatic rings. The minimum Gasteiger partial charge on any atom is -0.466 e. The predicted octanol–water partition coefficient (Wildman–Crippen LogP) is 2.88. The van der Waals surface area contributed by atoms with Crippen molar-refractivity contribution in [2.45, 2.75) is 25.6 Å². The van der Waals surface area contributed by atoms with Crippen LogP contribution in [0.1, 0.15) is 16.7 Å². The van der Waals surface area contributed by atoms with Crippen LogP contribution in [-0.4, -0.2) is 26.4 Å². The summed E-state index contributed by atoms with van der Waals surface area (Å²) in [5.41, 5.74) is -1.94. The lowest BCUT2D eigenvalue weighted by molar-refractivity contribution is -0.275. The van der Waals surface area contributed by atoms with Gasteiger partial charge in [-0.05, 0) is 25.0 Å². The number of hydrogen-bond donors (Lipinski definition) is 0. The molecule has 1 aromatic carbocycles. The molecule has 0 fully saturated rings. The number of alkyl halides is 3. The highest BCUT2D eigenvalue weighted by atomic mass is 19.4. The van der Waals surface area contributed by atoms with Gasteiger partial charge >= 0.3 is 12.1 Å². The Morgan fingerprint density at radius 1 is 1.11 bits per heavy atom. The summed E-state index contributed by atoms with van der Waals surface area (Å²) in [6.45, 7) is 3.42. The highest BCUT2D eigenvalue weighted by Gasteiger charge is 2.63. The van der Waals surface area contributed by atoms with Gasteiger partial charge in [-0.2, -0.15) is 13.2 Å². The van der Waals surface area contributed by atoms with Gasteiger partial charge in [-0.1, -0.05) is 18.2 Å². The third-order valence-electron chi connectivity index (χ3n) is 3.09. The van der Waals surface area contributed by atoms with Gasteiger partial charge in [0.2, 0.25) is 0 Å². The van der Waals surface area contributed by atoms with Crippen LogP contribution in [0, 0.1) is 13.8 Å². The van der Waals surface area contributed by atoms with Gasteiger partial charge in [0.1, 0.15) is 0 Å². The molecular formula is C13H15F3O3. The number of rotatable bonds is 3. The van der Waals surface area contributed by atoms with E-state index in [4.69, 9.17) is 0 Å². The zero-order valence-corrected chi connectivity index (χ0v) is 11.1. The maximum absolute atomic E-state index is 13.3. The highest BCUT2D eigenvalue weighted by Crippen LogP contribution is 2.43. The first-order valence-corrected chi connectivity index (χ1v) is 5.48. The molecule has 0 bridgehead atoms. The summed E-state index contributed by atoms with van der Waals surface area (Å²) in [6, 6.07) is 4.01.